The lowest BCUT2D eigenvalue weighted by Gasteiger charge is -2.11. The van der Waals surface area contributed by atoms with Crippen molar-refractivity contribution in [1.82, 2.24) is 9.97 Å². The van der Waals surface area contributed by atoms with Crippen molar-refractivity contribution < 1.29 is 18.4 Å². The smallest absolute Gasteiger partial charge is 0.261 e. The van der Waals surface area contributed by atoms with Crippen LogP contribution in [0, 0.1) is 64.5 Å². The maximum absolute atomic E-state index is 13.8. The van der Waals surface area contributed by atoms with Crippen molar-refractivity contribution in [2.75, 3.05) is 11.2 Å². The number of anilines is 1. The molecular formula is C54H47Br3ClF2N5O2S3. The average molecular weight is 1210 g/mol. The number of Topliss-reactive ketones (excluding diaryl/α,β-unsaturated/α-hetero) is 1. The van der Waals surface area contributed by atoms with E-state index in [2.05, 4.69) is 118 Å². The van der Waals surface area contributed by atoms with E-state index < -0.39 is 23.1 Å². The van der Waals surface area contributed by atoms with Gasteiger partial charge in [-0.2, -0.15) is 5.26 Å². The second kappa shape index (κ2) is 27.9. The molecule has 2 aromatic heterocycles. The third-order valence-electron chi connectivity index (χ3n) is 9.73. The lowest BCUT2D eigenvalue weighted by molar-refractivity contribution is -0.114. The summed E-state index contributed by atoms with van der Waals surface area (Å²) in [4.78, 5) is 31.4. The zero-order chi connectivity index (χ0) is 51.7. The van der Waals surface area contributed by atoms with E-state index in [9.17, 15) is 18.4 Å². The quantitative estimate of drug-likeness (QED) is 0.120. The number of nitrogens with one attached hydrogen (secondary N) is 1. The molecule has 2 heterocycles. The van der Waals surface area contributed by atoms with Crippen molar-refractivity contribution in [3.8, 4) is 38.3 Å². The summed E-state index contributed by atoms with van der Waals surface area (Å²) >= 11 is 23.4. The molecule has 8 rings (SSSR count). The van der Waals surface area contributed by atoms with Crippen molar-refractivity contribution in [1.29, 1.82) is 5.26 Å². The van der Waals surface area contributed by atoms with E-state index in [1.165, 1.54) is 29.7 Å². The first kappa shape index (κ1) is 57.3. The average Bonchev–Trinajstić information content (AvgIpc) is 3.98. The largest absolute Gasteiger partial charge is 0.389 e. The van der Waals surface area contributed by atoms with Crippen LogP contribution in [0.2, 0.25) is 0 Å². The summed E-state index contributed by atoms with van der Waals surface area (Å²) < 4.78 is 30.8. The molecule has 70 heavy (non-hydrogen) atoms. The van der Waals surface area contributed by atoms with Gasteiger partial charge in [-0.15, -0.1) is 34.3 Å². The number of nitriles is 1. The van der Waals surface area contributed by atoms with Gasteiger partial charge in [0.2, 0.25) is 0 Å². The molecule has 0 aliphatic rings. The van der Waals surface area contributed by atoms with Gasteiger partial charge in [-0.05, 0) is 136 Å². The van der Waals surface area contributed by atoms with Gasteiger partial charge in [0.25, 0.3) is 5.91 Å². The summed E-state index contributed by atoms with van der Waals surface area (Å²) in [5.41, 5.74) is 17.9. The van der Waals surface area contributed by atoms with Crippen molar-refractivity contribution in [3.63, 3.8) is 0 Å². The highest BCUT2D eigenvalue weighted by molar-refractivity contribution is 9.11. The third kappa shape index (κ3) is 17.5. The molecule has 0 fully saturated rings. The fourth-order valence-corrected chi connectivity index (χ4v) is 8.67. The Hall–Kier alpha value is -5.31. The minimum absolute atomic E-state index is 0.0201. The summed E-state index contributed by atoms with van der Waals surface area (Å²) in [5, 5.41) is 17.2. The van der Waals surface area contributed by atoms with Gasteiger partial charge in [-0.25, -0.2) is 18.7 Å². The minimum Gasteiger partial charge on any atom is -0.389 e. The molecule has 0 saturated heterocycles. The van der Waals surface area contributed by atoms with E-state index in [1.54, 1.807) is 40.9 Å². The number of ketones is 1. The molecule has 3 N–H and O–H groups in total. The van der Waals surface area contributed by atoms with Gasteiger partial charge in [-0.3, -0.25) is 9.59 Å². The van der Waals surface area contributed by atoms with E-state index in [0.29, 0.717) is 16.2 Å². The summed E-state index contributed by atoms with van der Waals surface area (Å²) in [5.74, 6) is -2.45. The first-order valence-electron chi connectivity index (χ1n) is 21.1. The summed E-state index contributed by atoms with van der Waals surface area (Å²) in [6.07, 6.45) is 0. The topological polar surface area (TPSA) is 122 Å². The van der Waals surface area contributed by atoms with Crippen molar-refractivity contribution in [2.45, 2.75) is 48.5 Å². The van der Waals surface area contributed by atoms with E-state index in [4.69, 9.17) is 34.8 Å². The number of rotatable bonds is 7. The first-order chi connectivity index (χ1) is 33.2. The molecular weight excluding hydrogens is 1160 g/mol. The number of halogens is 6. The van der Waals surface area contributed by atoms with Gasteiger partial charge in [0.1, 0.15) is 38.0 Å². The predicted molar refractivity (Wildman–Crippen MR) is 301 cm³/mol. The number of alkyl halides is 1. The Morgan fingerprint density at radius 2 is 1.14 bits per heavy atom. The Kier molecular flexibility index (Phi) is 22.8. The molecule has 0 atom stereocenters. The minimum atomic E-state index is -0.894. The number of amides is 1. The highest BCUT2D eigenvalue weighted by atomic mass is 79.9. The number of hydrogen-bond donors (Lipinski definition) is 2. The van der Waals surface area contributed by atoms with Gasteiger partial charge < -0.3 is 11.1 Å². The highest BCUT2D eigenvalue weighted by Crippen LogP contribution is 2.32. The van der Waals surface area contributed by atoms with Crippen LogP contribution in [0.5, 0.6) is 0 Å². The van der Waals surface area contributed by atoms with Crippen LogP contribution in [-0.2, 0) is 4.79 Å². The number of aryl methyl sites for hydroxylation is 6. The highest BCUT2D eigenvalue weighted by Gasteiger charge is 2.17. The lowest BCUT2D eigenvalue weighted by Crippen LogP contribution is -2.15. The molecule has 7 nitrogen and oxygen atoms in total. The molecule has 0 saturated carbocycles. The summed E-state index contributed by atoms with van der Waals surface area (Å²) in [7, 11) is 0. The molecule has 8 aromatic rings. The van der Waals surface area contributed by atoms with Crippen LogP contribution >= 0.6 is 94.3 Å². The predicted octanol–water partition coefficient (Wildman–Crippen LogP) is 16.6. The maximum Gasteiger partial charge on any atom is 0.261 e. The van der Waals surface area contributed by atoms with E-state index >= 15 is 0 Å². The number of aromatic nitrogens is 2. The van der Waals surface area contributed by atoms with Crippen molar-refractivity contribution in [3.05, 3.63) is 201 Å². The van der Waals surface area contributed by atoms with Gasteiger partial charge in [0.05, 0.1) is 17.5 Å². The van der Waals surface area contributed by atoms with Crippen LogP contribution in [0.25, 0.3) is 32.3 Å². The second-order valence-electron chi connectivity index (χ2n) is 15.4. The SMILES string of the molecule is CC(=O)CCl.Cc1ccc(C#N)cc1Br.Cc1ccc(C(N)=S)cc1Br.Cc1csc(-c2ccc(C)c(-c3ccc(NC(=O)c4c(F)cccc4F)cc3)c2)n1.Cc1csc(-c2ccc(C)c(Br)c2)n1. The van der Waals surface area contributed by atoms with Crippen LogP contribution in [0.15, 0.2) is 139 Å². The fourth-order valence-electron chi connectivity index (χ4n) is 5.82. The Balaban J connectivity index is 0.000000220. The van der Waals surface area contributed by atoms with Gasteiger partial charge >= 0.3 is 0 Å². The zero-order valence-electron chi connectivity index (χ0n) is 39.1. The number of carbonyl (C=O) groups excluding carboxylic acids is 2. The molecule has 0 aliphatic heterocycles. The second-order valence-corrected chi connectivity index (χ2v) is 20.4. The summed E-state index contributed by atoms with van der Waals surface area (Å²) in [6.45, 7) is 13.6. The van der Waals surface area contributed by atoms with E-state index in [1.807, 2.05) is 82.5 Å². The van der Waals surface area contributed by atoms with Crippen LogP contribution < -0.4 is 11.1 Å². The number of nitrogens with zero attached hydrogens (tertiary/aromatic N) is 3. The molecule has 0 radical (unpaired) electrons. The fraction of sp³-hybridized carbons (Fsp3) is 0.148. The molecule has 0 bridgehead atoms. The molecule has 16 heteroatoms. The number of hydrogen-bond acceptors (Lipinski definition) is 8. The Bertz CT molecular complexity index is 3140. The monoisotopic (exact) mass is 1200 g/mol. The van der Waals surface area contributed by atoms with Crippen molar-refractivity contribution in [2.24, 2.45) is 5.73 Å². The molecule has 6 aromatic carbocycles. The van der Waals surface area contributed by atoms with E-state index in [-0.39, 0.29) is 11.7 Å². The van der Waals surface area contributed by atoms with Gasteiger partial charge in [0, 0.05) is 57.9 Å². The molecule has 0 aliphatic carbocycles. The Morgan fingerprint density at radius 3 is 1.59 bits per heavy atom. The molecule has 0 spiro atoms. The first-order valence-corrected chi connectivity index (χ1v) is 26.1. The standard InChI is InChI=1S/C24H18F2N2OS.C11H10BrNS.C8H8BrNS.C8H6BrN.C3H5ClO/c1-14-6-7-17(24-27-15(2)13-30-24)12-19(14)16-8-10-18(11-9-16)28-23(29)22-20(25)4-3-5-21(22)26;1-7-3-4-9(5-10(7)12)11-13-8(2)6-14-11;1-5-2-3-6(8(10)11)4-7(5)9;1-6-2-3-7(5-10)4-8(6)9;1-3(5)2-4/h3-13H,1-2H3,(H,28,29);3-6H,1-2H3;2-4H,1H3,(H2,10,11);2-4H,1H3;2H2,1H3. The van der Waals surface area contributed by atoms with Crippen LogP contribution in [0.1, 0.15) is 62.1 Å². The summed E-state index contributed by atoms with van der Waals surface area (Å²) in [6, 6.07) is 36.5. The number of thiazole rings is 2. The Labute approximate surface area is 451 Å². The van der Waals surface area contributed by atoms with Crippen LogP contribution in [0.3, 0.4) is 0 Å². The normalized spacial score (nSPS) is 10.1. The number of nitrogens with two attached hydrogens (primary N) is 1. The van der Waals surface area contributed by atoms with Crippen molar-refractivity contribution >= 4 is 117 Å². The molecule has 1 amide bonds. The van der Waals surface area contributed by atoms with Gasteiger partial charge in [-0.1, -0.05) is 121 Å². The Morgan fingerprint density at radius 1 is 0.686 bits per heavy atom. The number of thiocarbonyl (C=S) groups is 1. The lowest BCUT2D eigenvalue weighted by atomic mass is 9.98. The number of carbonyl (C=O) groups is 2. The van der Waals surface area contributed by atoms with E-state index in [0.717, 1.165) is 80.3 Å². The molecule has 0 unspecified atom stereocenters. The van der Waals surface area contributed by atoms with Crippen LogP contribution in [-0.4, -0.2) is 32.5 Å². The molecule has 360 valence electrons. The third-order valence-corrected chi connectivity index (χ3v) is 14.9. The number of benzene rings is 6. The van der Waals surface area contributed by atoms with Gasteiger partial charge in [0.15, 0.2) is 0 Å². The van der Waals surface area contributed by atoms with Crippen LogP contribution in [0.4, 0.5) is 14.5 Å². The maximum atomic E-state index is 13.8. The zero-order valence-corrected chi connectivity index (χ0v) is 47.0.